The predicted molar refractivity (Wildman–Crippen MR) is 35.5 cm³/mol. The number of rotatable bonds is 1. The quantitative estimate of drug-likeness (QED) is 0.647. The molecule has 0 atom stereocenters. The van der Waals surface area contributed by atoms with Crippen molar-refractivity contribution in [1.82, 2.24) is 0 Å². The summed E-state index contributed by atoms with van der Waals surface area (Å²) < 4.78 is 5.03. The fourth-order valence-electron chi connectivity index (χ4n) is 0.556. The number of hydrogen-bond donors (Lipinski definition) is 0. The second-order valence-corrected chi connectivity index (χ2v) is 1.77. The van der Waals surface area contributed by atoms with E-state index >= 15 is 0 Å². The monoisotopic (exact) mass is 209 g/mol. The largest absolute Gasteiger partial charge is 0.632 e. The van der Waals surface area contributed by atoms with Gasteiger partial charge in [0.1, 0.15) is 0 Å². The molecular weight excluding hydrogens is 201 g/mol. The minimum absolute atomic E-state index is 0. The molecule has 0 spiro atoms. The van der Waals surface area contributed by atoms with Gasteiger partial charge in [0.2, 0.25) is 0 Å². The van der Waals surface area contributed by atoms with Crippen molar-refractivity contribution < 1.29 is 37.1 Å². The molecule has 1 rings (SSSR count). The van der Waals surface area contributed by atoms with Gasteiger partial charge in [-0.05, 0) is 6.26 Å². The van der Waals surface area contributed by atoms with E-state index in [1.54, 1.807) is 12.3 Å². The zero-order valence-corrected chi connectivity index (χ0v) is 8.98. The van der Waals surface area contributed by atoms with Crippen molar-refractivity contribution in [2.24, 2.45) is 0 Å². The van der Waals surface area contributed by atoms with E-state index in [0.29, 0.717) is 0 Å². The Morgan fingerprint density at radius 1 is 1.70 bits per heavy atom. The van der Waals surface area contributed by atoms with Crippen LogP contribution in [-0.4, -0.2) is 0 Å². The summed E-state index contributed by atoms with van der Waals surface area (Å²) in [7, 11) is 0. The molecule has 0 saturated carbocycles. The molecule has 1 radical (unpaired) electrons. The molecule has 0 saturated heterocycles. The van der Waals surface area contributed by atoms with Gasteiger partial charge in [0.05, 0.1) is 0 Å². The van der Waals surface area contributed by atoms with E-state index in [0.717, 1.165) is 11.3 Å². The molecule has 2 heteroatoms. The van der Waals surface area contributed by atoms with E-state index in [-0.39, 0.29) is 32.7 Å². The number of furan rings is 1. The van der Waals surface area contributed by atoms with Crippen molar-refractivity contribution in [2.45, 2.75) is 13.8 Å². The first-order valence-corrected chi connectivity index (χ1v) is 2.81. The Balaban J connectivity index is 0.000000810. The summed E-state index contributed by atoms with van der Waals surface area (Å²) in [4.78, 5) is 0. The smallest absolute Gasteiger partial charge is 0 e. The molecular formula is C8H8OY-2. The van der Waals surface area contributed by atoms with E-state index in [1.807, 2.05) is 13.8 Å². The van der Waals surface area contributed by atoms with Crippen LogP contribution in [0.5, 0.6) is 0 Å². The zero-order chi connectivity index (χ0) is 6.69. The van der Waals surface area contributed by atoms with Gasteiger partial charge >= 0.3 is 0 Å². The van der Waals surface area contributed by atoms with Gasteiger partial charge in [-0.3, -0.25) is 5.57 Å². The van der Waals surface area contributed by atoms with Gasteiger partial charge in [0.25, 0.3) is 0 Å². The molecule has 1 aromatic heterocycles. The van der Waals surface area contributed by atoms with Crippen LogP contribution >= 0.6 is 0 Å². The molecule has 1 nitrogen and oxygen atoms in total. The molecule has 1 aromatic rings. The standard InChI is InChI=1S/C8H8O.Y/c1-3-7(2)8-5-4-6-9-8;/h4,6H,1-2H3;/q-2;. The molecule has 0 aliphatic rings. The molecule has 0 aliphatic carbocycles. The maximum absolute atomic E-state index is 5.03. The molecule has 0 amide bonds. The van der Waals surface area contributed by atoms with Crippen LogP contribution in [0.15, 0.2) is 16.7 Å². The van der Waals surface area contributed by atoms with E-state index in [1.165, 1.54) is 0 Å². The Bertz CT molecular complexity index is 199. The summed E-state index contributed by atoms with van der Waals surface area (Å²) in [5, 5.41) is 0. The Morgan fingerprint density at radius 3 is 2.80 bits per heavy atom. The van der Waals surface area contributed by atoms with Crippen molar-refractivity contribution >= 4 is 5.57 Å². The summed E-state index contributed by atoms with van der Waals surface area (Å²) in [5.41, 5.74) is 1.00. The van der Waals surface area contributed by atoms with Crippen LogP contribution in [0, 0.1) is 12.1 Å². The van der Waals surface area contributed by atoms with E-state index in [9.17, 15) is 0 Å². The summed E-state index contributed by atoms with van der Waals surface area (Å²) in [5.74, 6) is 0.775. The van der Waals surface area contributed by atoms with E-state index < -0.39 is 0 Å². The summed E-state index contributed by atoms with van der Waals surface area (Å²) in [6.07, 6.45) is 4.57. The SMILES string of the molecule is C[C-]=C(C)c1[c-]cco1.[Y]. The summed E-state index contributed by atoms with van der Waals surface area (Å²) in [6, 6.07) is 4.67. The fraction of sp³-hybridized carbons (Fsp3) is 0.250. The van der Waals surface area contributed by atoms with Crippen molar-refractivity contribution in [3.63, 3.8) is 0 Å². The van der Waals surface area contributed by atoms with Crippen LogP contribution in [0.25, 0.3) is 5.57 Å². The second-order valence-electron chi connectivity index (χ2n) is 1.77. The zero-order valence-electron chi connectivity index (χ0n) is 6.14. The van der Waals surface area contributed by atoms with Gasteiger partial charge in [0.15, 0.2) is 0 Å². The molecule has 0 fully saturated rings. The van der Waals surface area contributed by atoms with Crippen molar-refractivity contribution in [3.05, 3.63) is 30.2 Å². The maximum atomic E-state index is 5.03. The molecule has 0 aromatic carbocycles. The van der Waals surface area contributed by atoms with Gasteiger partial charge in [-0.25, -0.2) is 6.07 Å². The van der Waals surface area contributed by atoms with Crippen LogP contribution in [0.4, 0.5) is 0 Å². The van der Waals surface area contributed by atoms with Crippen LogP contribution < -0.4 is 0 Å². The van der Waals surface area contributed by atoms with Crippen molar-refractivity contribution in [1.29, 1.82) is 0 Å². The predicted octanol–water partition coefficient (Wildman–Crippen LogP) is 2.30. The van der Waals surface area contributed by atoms with Gasteiger partial charge in [-0.2, -0.15) is 11.8 Å². The first-order valence-electron chi connectivity index (χ1n) is 2.81. The molecule has 0 unspecified atom stereocenters. The van der Waals surface area contributed by atoms with Crippen LogP contribution in [0.1, 0.15) is 19.6 Å². The van der Waals surface area contributed by atoms with Gasteiger partial charge < -0.3 is 10.5 Å². The van der Waals surface area contributed by atoms with Crippen molar-refractivity contribution in [3.8, 4) is 0 Å². The first kappa shape index (κ1) is 10.1. The van der Waals surface area contributed by atoms with E-state index in [2.05, 4.69) is 12.1 Å². The molecule has 0 aliphatic heterocycles. The Labute approximate surface area is 86.4 Å². The third kappa shape index (κ3) is 2.39. The molecule has 0 N–H and O–H groups in total. The van der Waals surface area contributed by atoms with Crippen molar-refractivity contribution in [2.75, 3.05) is 0 Å². The van der Waals surface area contributed by atoms with E-state index in [4.69, 9.17) is 4.42 Å². The van der Waals surface area contributed by atoms with Gasteiger partial charge in [-0.15, -0.1) is 13.8 Å². The molecule has 10 heavy (non-hydrogen) atoms. The topological polar surface area (TPSA) is 13.1 Å². The average Bonchev–Trinajstić information content (AvgIpc) is 2.37. The van der Waals surface area contributed by atoms with Gasteiger partial charge in [0, 0.05) is 32.7 Å². The number of allylic oxidation sites excluding steroid dienone is 2. The fourth-order valence-corrected chi connectivity index (χ4v) is 0.556. The minimum atomic E-state index is 0. The van der Waals surface area contributed by atoms with Crippen LogP contribution in [-0.2, 0) is 32.7 Å². The third-order valence-electron chi connectivity index (χ3n) is 1.18. The van der Waals surface area contributed by atoms with Gasteiger partial charge in [-0.1, -0.05) is 0 Å². The number of hydrogen-bond acceptors (Lipinski definition) is 1. The Hall–Kier alpha value is 0.124. The molecule has 1 heterocycles. The molecule has 51 valence electrons. The maximum Gasteiger partial charge on any atom is 0 e. The molecule has 0 bridgehead atoms. The normalized spacial score (nSPS) is 10.8. The Morgan fingerprint density at radius 2 is 2.40 bits per heavy atom. The Kier molecular flexibility index (Phi) is 4.93. The van der Waals surface area contributed by atoms with Crippen LogP contribution in [0.2, 0.25) is 0 Å². The third-order valence-corrected chi connectivity index (χ3v) is 1.18. The summed E-state index contributed by atoms with van der Waals surface area (Å²) >= 11 is 0. The second kappa shape index (κ2) is 4.87. The first-order chi connectivity index (χ1) is 4.34. The average molecular weight is 209 g/mol. The minimum Gasteiger partial charge on any atom is -0.632 e. The van der Waals surface area contributed by atoms with Crippen LogP contribution in [0.3, 0.4) is 0 Å². The summed E-state index contributed by atoms with van der Waals surface area (Å²) in [6.45, 7) is 3.79.